The predicted molar refractivity (Wildman–Crippen MR) is 261 cm³/mol. The molecule has 5 aromatic carbocycles. The monoisotopic (exact) mass is 894 g/mol. The van der Waals surface area contributed by atoms with Gasteiger partial charge in [-0.25, -0.2) is 4.98 Å². The molecule has 11 heteroatoms. The minimum atomic E-state index is -0.0530. The maximum Gasteiger partial charge on any atom is 0.258 e. The normalized spacial score (nSPS) is 14.0. The summed E-state index contributed by atoms with van der Waals surface area (Å²) in [5.41, 5.74) is 10.4. The highest BCUT2D eigenvalue weighted by Crippen LogP contribution is 2.37. The zero-order valence-electron chi connectivity index (χ0n) is 38.5. The Morgan fingerprint density at radius 3 is 2.12 bits per heavy atom. The lowest BCUT2D eigenvalue weighted by Gasteiger charge is -2.35. The van der Waals surface area contributed by atoms with Gasteiger partial charge >= 0.3 is 0 Å². The number of rotatable bonds is 19. The van der Waals surface area contributed by atoms with E-state index in [4.69, 9.17) is 26.1 Å². The number of carbonyl (C=O) groups excluding carboxylic acids is 2. The number of fused-ring (bicyclic) bond motifs is 2. The van der Waals surface area contributed by atoms with Crippen LogP contribution in [0, 0.1) is 0 Å². The molecule has 0 N–H and O–H groups in total. The molecule has 2 aliphatic rings. The number of hydrogen-bond donors (Lipinski definition) is 0. The molecule has 6 aromatic rings. The van der Waals surface area contributed by atoms with Crippen LogP contribution in [0.15, 0.2) is 109 Å². The summed E-state index contributed by atoms with van der Waals surface area (Å²) in [6.45, 7) is 14.0. The number of imidazole rings is 1. The minimum Gasteiger partial charge on any atom is -0.488 e. The van der Waals surface area contributed by atoms with Gasteiger partial charge < -0.3 is 28.7 Å². The molecule has 65 heavy (non-hydrogen) atoms. The van der Waals surface area contributed by atoms with Crippen LogP contribution < -0.4 is 14.4 Å². The third-order valence-electron chi connectivity index (χ3n) is 12.8. The van der Waals surface area contributed by atoms with E-state index in [1.54, 1.807) is 0 Å². The topological polar surface area (TPSA) is 83.4 Å². The van der Waals surface area contributed by atoms with Gasteiger partial charge in [-0.15, -0.1) is 11.6 Å². The van der Waals surface area contributed by atoms with Crippen molar-refractivity contribution < 1.29 is 19.1 Å². The second kappa shape index (κ2) is 21.4. The third kappa shape index (κ3) is 11.2. The van der Waals surface area contributed by atoms with Gasteiger partial charge in [0.2, 0.25) is 5.91 Å². The number of anilines is 1. The van der Waals surface area contributed by atoms with E-state index >= 15 is 0 Å². The van der Waals surface area contributed by atoms with Crippen LogP contribution in [-0.2, 0) is 51.1 Å². The van der Waals surface area contributed by atoms with Gasteiger partial charge in [-0.05, 0) is 76.4 Å². The Bertz CT molecular complexity index is 2550. The van der Waals surface area contributed by atoms with E-state index in [-0.39, 0.29) is 17.7 Å². The highest BCUT2D eigenvalue weighted by Gasteiger charge is 2.29. The number of carbonyl (C=O) groups is 2. The molecule has 10 nitrogen and oxygen atoms in total. The molecule has 0 saturated carbocycles. The smallest absolute Gasteiger partial charge is 0.258 e. The van der Waals surface area contributed by atoms with Crippen molar-refractivity contribution in [3.05, 3.63) is 154 Å². The van der Waals surface area contributed by atoms with Gasteiger partial charge in [0.15, 0.2) is 0 Å². The Morgan fingerprint density at radius 1 is 0.754 bits per heavy atom. The Labute approximate surface area is 389 Å². The fourth-order valence-corrected chi connectivity index (χ4v) is 9.35. The largest absolute Gasteiger partial charge is 0.488 e. The van der Waals surface area contributed by atoms with Crippen molar-refractivity contribution in [2.45, 2.75) is 85.2 Å². The molecule has 1 aromatic heterocycles. The van der Waals surface area contributed by atoms with Crippen LogP contribution in [0.1, 0.15) is 95.5 Å². The minimum absolute atomic E-state index is 0.0530. The molecular weight excluding hydrogens is 832 g/mol. The molecule has 1 fully saturated rings. The van der Waals surface area contributed by atoms with Crippen molar-refractivity contribution in [2.75, 3.05) is 50.0 Å². The first-order valence-electron chi connectivity index (χ1n) is 23.3. The molecule has 340 valence electrons. The van der Waals surface area contributed by atoms with Crippen LogP contribution in [0.2, 0.25) is 0 Å². The zero-order chi connectivity index (χ0) is 45.3. The molecule has 1 saturated heterocycles. The number of halogens is 1. The second-order valence-corrected chi connectivity index (χ2v) is 18.2. The quantitative estimate of drug-likeness (QED) is 0.0749. The van der Waals surface area contributed by atoms with E-state index in [0.29, 0.717) is 49.9 Å². The van der Waals surface area contributed by atoms with Crippen LogP contribution in [0.3, 0.4) is 0 Å². The van der Waals surface area contributed by atoms with Crippen LogP contribution >= 0.6 is 11.6 Å². The molecule has 2 aliphatic heterocycles. The number of nitrogens with zero attached hydrogens (tertiary/aromatic N) is 6. The Kier molecular flexibility index (Phi) is 15.1. The summed E-state index contributed by atoms with van der Waals surface area (Å²) in [5.74, 6) is 3.14. The van der Waals surface area contributed by atoms with Gasteiger partial charge in [0.05, 0.1) is 16.6 Å². The molecule has 0 bridgehead atoms. The van der Waals surface area contributed by atoms with E-state index in [9.17, 15) is 9.59 Å². The number of amides is 2. The van der Waals surface area contributed by atoms with Crippen LogP contribution in [0.4, 0.5) is 5.69 Å². The van der Waals surface area contributed by atoms with Crippen molar-refractivity contribution in [1.82, 2.24) is 24.3 Å². The number of benzene rings is 5. The number of ether oxygens (including phenoxy) is 2. The van der Waals surface area contributed by atoms with Crippen molar-refractivity contribution in [2.24, 2.45) is 7.05 Å². The molecular formula is C54H63ClN6O4. The van der Waals surface area contributed by atoms with Gasteiger partial charge in [-0.2, -0.15) is 0 Å². The van der Waals surface area contributed by atoms with E-state index in [0.717, 1.165) is 110 Å². The van der Waals surface area contributed by atoms with Crippen molar-refractivity contribution in [3.8, 4) is 11.5 Å². The molecule has 0 unspecified atom stereocenters. The number of aromatic nitrogens is 2. The van der Waals surface area contributed by atoms with Crippen LogP contribution in [0.5, 0.6) is 11.5 Å². The molecule has 8 rings (SSSR count). The molecule has 0 spiro atoms. The molecule has 0 radical (unpaired) electrons. The fraction of sp³-hybridized carbons (Fsp3) is 0.389. The van der Waals surface area contributed by atoms with E-state index in [1.165, 1.54) is 16.7 Å². The Hall–Kier alpha value is -5.84. The van der Waals surface area contributed by atoms with Gasteiger partial charge in [0.1, 0.15) is 30.5 Å². The molecule has 0 atom stereocenters. The van der Waals surface area contributed by atoms with Crippen molar-refractivity contribution in [1.29, 1.82) is 0 Å². The zero-order valence-corrected chi connectivity index (χ0v) is 39.2. The average molecular weight is 896 g/mol. The molecule has 0 aliphatic carbocycles. The maximum absolute atomic E-state index is 14.5. The summed E-state index contributed by atoms with van der Waals surface area (Å²) >= 11 is 6.09. The second-order valence-electron chi connectivity index (χ2n) is 17.8. The molecule has 3 heterocycles. The van der Waals surface area contributed by atoms with Crippen molar-refractivity contribution >= 4 is 40.1 Å². The predicted octanol–water partition coefficient (Wildman–Crippen LogP) is 10.1. The van der Waals surface area contributed by atoms with Gasteiger partial charge in [0, 0.05) is 96.4 Å². The van der Waals surface area contributed by atoms with Gasteiger partial charge in [-0.3, -0.25) is 14.5 Å². The van der Waals surface area contributed by atoms with E-state index in [1.807, 2.05) is 82.6 Å². The van der Waals surface area contributed by atoms with Crippen molar-refractivity contribution in [3.63, 3.8) is 0 Å². The lowest BCUT2D eigenvalue weighted by atomic mass is 9.98. The first kappa shape index (κ1) is 45.7. The number of alkyl halides is 1. The average Bonchev–Trinajstić information content (AvgIpc) is 3.90. The highest BCUT2D eigenvalue weighted by molar-refractivity contribution is 6.18. The summed E-state index contributed by atoms with van der Waals surface area (Å²) < 4.78 is 15.0. The van der Waals surface area contributed by atoms with E-state index < -0.39 is 0 Å². The van der Waals surface area contributed by atoms with Crippen LogP contribution in [-0.4, -0.2) is 81.2 Å². The number of piperazine rings is 1. The summed E-state index contributed by atoms with van der Waals surface area (Å²) in [6, 6.07) is 37.1. The van der Waals surface area contributed by atoms with Crippen LogP contribution in [0.25, 0.3) is 11.0 Å². The summed E-state index contributed by atoms with van der Waals surface area (Å²) in [4.78, 5) is 41.5. The summed E-state index contributed by atoms with van der Waals surface area (Å²) in [5, 5.41) is 0. The summed E-state index contributed by atoms with van der Waals surface area (Å²) in [6.07, 6.45) is 3.09. The van der Waals surface area contributed by atoms with Gasteiger partial charge in [0.25, 0.3) is 5.91 Å². The number of aryl methyl sites for hydroxylation is 2. The third-order valence-corrected chi connectivity index (χ3v) is 13.0. The lowest BCUT2D eigenvalue weighted by molar-refractivity contribution is -0.133. The van der Waals surface area contributed by atoms with E-state index in [2.05, 4.69) is 78.6 Å². The first-order valence-corrected chi connectivity index (χ1v) is 23.9. The fourth-order valence-electron chi connectivity index (χ4n) is 9.14. The molecule has 2 amide bonds. The summed E-state index contributed by atoms with van der Waals surface area (Å²) in [7, 11) is 2.07. The lowest BCUT2D eigenvalue weighted by Crippen LogP contribution is -2.48. The standard InChI is InChI=1S/C54H63ClN6O4/c1-5-24-59(25-23-55)45-21-22-49-48(31-45)56-52(57(49)4)17-12-18-53(62)60-28-26-58(27-29-60)34-42-19-20-43-35-61(36-44(43)30-42)54(63)47-32-46(39(2)3)50(64-37-40-13-8-6-9-14-40)33-51(47)65-38-41-15-10-7-11-16-41/h6-11,13-16,19-22,30-33,39H,5,12,17-18,23-29,34-38H2,1-4H3. The number of hydrogen-bond acceptors (Lipinski definition) is 7. The maximum atomic E-state index is 14.5. The first-order chi connectivity index (χ1) is 31.7. The Morgan fingerprint density at radius 2 is 1.45 bits per heavy atom. The Balaban J connectivity index is 0.856. The highest BCUT2D eigenvalue weighted by atomic mass is 35.5. The van der Waals surface area contributed by atoms with Gasteiger partial charge in [-0.1, -0.05) is 99.6 Å². The SMILES string of the molecule is CCCN(CCCl)c1ccc2c(c1)nc(CCCC(=O)N1CCN(Cc3ccc4c(c3)CN(C(=O)c3cc(C(C)C)c(OCc5ccccc5)cc3OCc3ccccc3)C4)CC1)n2C.